The van der Waals surface area contributed by atoms with Crippen LogP contribution >= 0.6 is 15.9 Å². The number of nitrogens with one attached hydrogen (secondary N) is 1. The fraction of sp³-hybridized carbons (Fsp3) is 0.400. The van der Waals surface area contributed by atoms with Crippen molar-refractivity contribution in [1.82, 2.24) is 5.48 Å². The maximum absolute atomic E-state index is 13.9. The molecule has 0 aliphatic heterocycles. The van der Waals surface area contributed by atoms with Crippen molar-refractivity contribution >= 4 is 15.9 Å². The van der Waals surface area contributed by atoms with E-state index < -0.39 is 5.82 Å². The first-order valence-corrected chi connectivity index (χ1v) is 5.29. The summed E-state index contributed by atoms with van der Waals surface area (Å²) in [4.78, 5) is 4.71. The van der Waals surface area contributed by atoms with Gasteiger partial charge in [-0.25, -0.2) is 0 Å². The van der Waals surface area contributed by atoms with Gasteiger partial charge in [-0.2, -0.15) is 9.87 Å². The summed E-state index contributed by atoms with van der Waals surface area (Å²) in [5.41, 5.74) is 3.26. The number of rotatable bonds is 5. The normalized spacial score (nSPS) is 10.3. The molecule has 1 N–H and O–H groups in total. The predicted octanol–water partition coefficient (Wildman–Crippen LogP) is 2.26. The molecule has 0 atom stereocenters. The lowest BCUT2D eigenvalue weighted by atomic mass is 10.2. The standard InChI is InChI=1S/C10H13BrFNO3/c1-14-9-6(5-13-16-3)4-7(11)10(15-2)8(9)12/h4,13H,5H2,1-3H3. The fourth-order valence-electron chi connectivity index (χ4n) is 1.32. The molecule has 90 valence electrons. The van der Waals surface area contributed by atoms with Crippen LogP contribution < -0.4 is 15.0 Å². The van der Waals surface area contributed by atoms with E-state index in [1.807, 2.05) is 0 Å². The molecule has 1 rings (SSSR count). The Bertz CT molecular complexity index is 374. The van der Waals surface area contributed by atoms with Crippen molar-refractivity contribution in [3.05, 3.63) is 21.9 Å². The smallest absolute Gasteiger partial charge is 0.208 e. The molecule has 0 aromatic heterocycles. The highest BCUT2D eigenvalue weighted by molar-refractivity contribution is 9.10. The summed E-state index contributed by atoms with van der Waals surface area (Å²) in [6.07, 6.45) is 0. The summed E-state index contributed by atoms with van der Waals surface area (Å²) >= 11 is 3.22. The molecule has 1 aromatic rings. The first-order chi connectivity index (χ1) is 7.65. The molecule has 0 heterocycles. The molecule has 1 aromatic carbocycles. The number of hydroxylamine groups is 1. The van der Waals surface area contributed by atoms with Gasteiger partial charge in [0.1, 0.15) is 0 Å². The van der Waals surface area contributed by atoms with E-state index in [9.17, 15) is 4.39 Å². The van der Waals surface area contributed by atoms with E-state index in [0.717, 1.165) is 0 Å². The number of benzene rings is 1. The molecule has 0 fully saturated rings. The Hall–Kier alpha value is -0.850. The molecule has 16 heavy (non-hydrogen) atoms. The Morgan fingerprint density at radius 2 is 1.88 bits per heavy atom. The van der Waals surface area contributed by atoms with Crippen LogP contribution in [0.3, 0.4) is 0 Å². The van der Waals surface area contributed by atoms with Crippen molar-refractivity contribution in [3.63, 3.8) is 0 Å². The second kappa shape index (κ2) is 6.03. The minimum absolute atomic E-state index is 0.123. The van der Waals surface area contributed by atoms with Gasteiger partial charge >= 0.3 is 0 Å². The molecular weight excluding hydrogens is 281 g/mol. The molecule has 0 spiro atoms. The van der Waals surface area contributed by atoms with Gasteiger partial charge in [-0.15, -0.1) is 0 Å². The SMILES string of the molecule is CONCc1cc(Br)c(OC)c(F)c1OC. The number of hydrogen-bond donors (Lipinski definition) is 1. The molecule has 0 bridgehead atoms. The van der Waals surface area contributed by atoms with E-state index in [-0.39, 0.29) is 11.5 Å². The monoisotopic (exact) mass is 293 g/mol. The van der Waals surface area contributed by atoms with E-state index in [0.29, 0.717) is 16.6 Å². The van der Waals surface area contributed by atoms with Gasteiger partial charge in [0, 0.05) is 12.1 Å². The van der Waals surface area contributed by atoms with Crippen LogP contribution in [0.4, 0.5) is 4.39 Å². The largest absolute Gasteiger partial charge is 0.493 e. The Kier molecular flexibility index (Phi) is 4.98. The zero-order chi connectivity index (χ0) is 12.1. The third kappa shape index (κ3) is 2.63. The molecular formula is C10H13BrFNO3. The quantitative estimate of drug-likeness (QED) is 0.846. The Balaban J connectivity index is 3.18. The first kappa shape index (κ1) is 13.2. The van der Waals surface area contributed by atoms with Gasteiger partial charge < -0.3 is 14.3 Å². The Morgan fingerprint density at radius 3 is 2.38 bits per heavy atom. The minimum atomic E-state index is -0.535. The zero-order valence-electron chi connectivity index (χ0n) is 9.27. The topological polar surface area (TPSA) is 39.7 Å². The lowest BCUT2D eigenvalue weighted by Gasteiger charge is -2.13. The average Bonchev–Trinajstić information content (AvgIpc) is 2.26. The lowest BCUT2D eigenvalue weighted by Crippen LogP contribution is -2.12. The number of methoxy groups -OCH3 is 2. The van der Waals surface area contributed by atoms with Crippen LogP contribution in [0.1, 0.15) is 5.56 Å². The molecule has 4 nitrogen and oxygen atoms in total. The number of halogens is 2. The van der Waals surface area contributed by atoms with Crippen molar-refractivity contribution in [2.24, 2.45) is 0 Å². The second-order valence-electron chi connectivity index (χ2n) is 2.92. The summed E-state index contributed by atoms with van der Waals surface area (Å²) in [5, 5.41) is 0. The summed E-state index contributed by atoms with van der Waals surface area (Å²) in [6.45, 7) is 0.333. The van der Waals surface area contributed by atoms with Crippen molar-refractivity contribution in [1.29, 1.82) is 0 Å². The molecule has 0 aliphatic rings. The average molecular weight is 294 g/mol. The third-order valence-electron chi connectivity index (χ3n) is 2.02. The van der Waals surface area contributed by atoms with Crippen LogP contribution in [-0.4, -0.2) is 21.3 Å². The molecule has 0 saturated heterocycles. The highest BCUT2D eigenvalue weighted by atomic mass is 79.9. The van der Waals surface area contributed by atoms with Gasteiger partial charge in [0.15, 0.2) is 11.5 Å². The Morgan fingerprint density at radius 1 is 1.25 bits per heavy atom. The molecule has 0 amide bonds. The highest BCUT2D eigenvalue weighted by Gasteiger charge is 2.18. The van der Waals surface area contributed by atoms with Crippen LogP contribution in [0, 0.1) is 5.82 Å². The zero-order valence-corrected chi connectivity index (χ0v) is 10.9. The van der Waals surface area contributed by atoms with Crippen LogP contribution in [0.15, 0.2) is 10.5 Å². The van der Waals surface area contributed by atoms with Crippen LogP contribution in [0.5, 0.6) is 11.5 Å². The maximum atomic E-state index is 13.9. The van der Waals surface area contributed by atoms with Crippen molar-refractivity contribution < 1.29 is 18.7 Å². The van der Waals surface area contributed by atoms with E-state index in [2.05, 4.69) is 21.4 Å². The van der Waals surface area contributed by atoms with Gasteiger partial charge in [0.25, 0.3) is 0 Å². The number of hydrogen-bond acceptors (Lipinski definition) is 4. The van der Waals surface area contributed by atoms with Gasteiger partial charge in [0.05, 0.1) is 25.8 Å². The van der Waals surface area contributed by atoms with E-state index in [1.54, 1.807) is 6.07 Å². The van der Waals surface area contributed by atoms with Gasteiger partial charge in [-0.3, -0.25) is 0 Å². The molecule has 0 radical (unpaired) electrons. The third-order valence-corrected chi connectivity index (χ3v) is 2.61. The minimum Gasteiger partial charge on any atom is -0.493 e. The van der Waals surface area contributed by atoms with E-state index in [4.69, 9.17) is 14.3 Å². The molecule has 0 saturated carbocycles. The molecule has 0 unspecified atom stereocenters. The van der Waals surface area contributed by atoms with Crippen molar-refractivity contribution in [3.8, 4) is 11.5 Å². The van der Waals surface area contributed by atoms with E-state index in [1.165, 1.54) is 21.3 Å². The highest BCUT2D eigenvalue weighted by Crippen LogP contribution is 2.37. The van der Waals surface area contributed by atoms with Crippen LogP contribution in [0.25, 0.3) is 0 Å². The predicted molar refractivity (Wildman–Crippen MR) is 61.1 cm³/mol. The first-order valence-electron chi connectivity index (χ1n) is 4.50. The number of ether oxygens (including phenoxy) is 2. The summed E-state index contributed by atoms with van der Waals surface area (Å²) in [5.74, 6) is -0.269. The molecule has 0 aliphatic carbocycles. The molecule has 6 heteroatoms. The summed E-state index contributed by atoms with van der Waals surface area (Å²) < 4.78 is 24.3. The van der Waals surface area contributed by atoms with E-state index >= 15 is 0 Å². The fourth-order valence-corrected chi connectivity index (χ4v) is 1.93. The summed E-state index contributed by atoms with van der Waals surface area (Å²) in [6, 6.07) is 1.72. The maximum Gasteiger partial charge on any atom is 0.208 e. The van der Waals surface area contributed by atoms with Crippen LogP contribution in [0.2, 0.25) is 0 Å². The van der Waals surface area contributed by atoms with Gasteiger partial charge in [0.2, 0.25) is 5.82 Å². The van der Waals surface area contributed by atoms with Gasteiger partial charge in [-0.05, 0) is 22.0 Å². The lowest BCUT2D eigenvalue weighted by molar-refractivity contribution is 0.0859. The second-order valence-corrected chi connectivity index (χ2v) is 3.78. The summed E-state index contributed by atoms with van der Waals surface area (Å²) in [7, 11) is 4.29. The Labute approximate surface area is 102 Å². The van der Waals surface area contributed by atoms with Crippen LogP contribution in [-0.2, 0) is 11.4 Å². The van der Waals surface area contributed by atoms with Gasteiger partial charge in [-0.1, -0.05) is 0 Å². The van der Waals surface area contributed by atoms with Crippen molar-refractivity contribution in [2.75, 3.05) is 21.3 Å². The van der Waals surface area contributed by atoms with Crippen molar-refractivity contribution in [2.45, 2.75) is 6.54 Å².